The molecule has 0 radical (unpaired) electrons. The van der Waals surface area contributed by atoms with E-state index in [4.69, 9.17) is 11.5 Å². The number of benzene rings is 1. The molecular weight excluding hydrogens is 486 g/mol. The number of hydrogen-bond acceptors (Lipinski definition) is 8. The third-order valence-electron chi connectivity index (χ3n) is 5.45. The van der Waals surface area contributed by atoms with E-state index in [1.165, 1.54) is 12.1 Å². The Hall–Kier alpha value is -2.83. The maximum atomic E-state index is 12.9. The van der Waals surface area contributed by atoms with Crippen LogP contribution in [0.15, 0.2) is 24.3 Å². The minimum atomic E-state index is -1.16. The van der Waals surface area contributed by atoms with Gasteiger partial charge in [0.1, 0.15) is 23.9 Å². The summed E-state index contributed by atoms with van der Waals surface area (Å²) in [5.41, 5.74) is 12.2. The van der Waals surface area contributed by atoms with Gasteiger partial charge < -0.3 is 37.6 Å². The van der Waals surface area contributed by atoms with E-state index in [9.17, 15) is 29.4 Å². The largest absolute Gasteiger partial charge is 0.508 e. The molecule has 0 spiro atoms. The number of amides is 3. The number of nitrogens with one attached hydrogen (secondary N) is 3. The van der Waals surface area contributed by atoms with E-state index in [0.29, 0.717) is 19.4 Å². The van der Waals surface area contributed by atoms with Gasteiger partial charge in [-0.05, 0) is 62.3 Å². The van der Waals surface area contributed by atoms with Gasteiger partial charge in [0.25, 0.3) is 0 Å². The molecule has 36 heavy (non-hydrogen) atoms. The van der Waals surface area contributed by atoms with Gasteiger partial charge in [0.2, 0.25) is 17.7 Å². The molecule has 1 rings (SSSR count). The summed E-state index contributed by atoms with van der Waals surface area (Å²) in [5.74, 6) is -2.93. The van der Waals surface area contributed by atoms with Crippen LogP contribution >= 0.6 is 12.6 Å². The SMILES string of the molecule is CC(C)CC(NC(=O)C(CCCCN)NC(=O)C(CS)NC(=O)C(N)Cc1ccc(O)cc1)C(=O)O. The zero-order valence-corrected chi connectivity index (χ0v) is 21.7. The molecule has 0 saturated heterocycles. The molecule has 11 nitrogen and oxygen atoms in total. The lowest BCUT2D eigenvalue weighted by Crippen LogP contribution is -2.57. The monoisotopic (exact) mass is 525 g/mol. The van der Waals surface area contributed by atoms with Crippen molar-refractivity contribution in [1.82, 2.24) is 16.0 Å². The molecule has 0 bridgehead atoms. The quantitative estimate of drug-likeness (QED) is 0.108. The highest BCUT2D eigenvalue weighted by molar-refractivity contribution is 7.80. The van der Waals surface area contributed by atoms with Crippen molar-refractivity contribution in [1.29, 1.82) is 0 Å². The van der Waals surface area contributed by atoms with Gasteiger partial charge in [0.15, 0.2) is 0 Å². The summed E-state index contributed by atoms with van der Waals surface area (Å²) >= 11 is 4.15. The Morgan fingerprint density at radius 1 is 0.917 bits per heavy atom. The fourth-order valence-electron chi connectivity index (χ4n) is 3.45. The second-order valence-electron chi connectivity index (χ2n) is 9.10. The number of thiol groups is 1. The first-order valence-electron chi connectivity index (χ1n) is 12.0. The van der Waals surface area contributed by atoms with Crippen molar-refractivity contribution in [2.24, 2.45) is 17.4 Å². The summed E-state index contributed by atoms with van der Waals surface area (Å²) < 4.78 is 0. The molecule has 4 atom stereocenters. The van der Waals surface area contributed by atoms with Crippen molar-refractivity contribution >= 4 is 36.3 Å². The molecule has 202 valence electrons. The number of carbonyl (C=O) groups excluding carboxylic acids is 3. The third kappa shape index (κ3) is 11.3. The van der Waals surface area contributed by atoms with Gasteiger partial charge in [-0.3, -0.25) is 14.4 Å². The standard InChI is InChI=1S/C24H39N5O6S/c1-14(2)11-19(24(34)35)28-22(32)18(5-3-4-10-25)27-23(33)20(13-36)29-21(31)17(26)12-15-6-8-16(30)9-7-15/h6-9,14,17-20,30,36H,3-5,10-13,25-26H2,1-2H3,(H,27,33)(H,28,32)(H,29,31)(H,34,35). The summed E-state index contributed by atoms with van der Waals surface area (Å²) in [7, 11) is 0. The topological polar surface area (TPSA) is 197 Å². The summed E-state index contributed by atoms with van der Waals surface area (Å²) in [6.07, 6.45) is 1.82. The fourth-order valence-corrected chi connectivity index (χ4v) is 3.71. The highest BCUT2D eigenvalue weighted by Gasteiger charge is 2.30. The molecule has 0 saturated carbocycles. The van der Waals surface area contributed by atoms with Crippen molar-refractivity contribution in [3.63, 3.8) is 0 Å². The van der Waals surface area contributed by atoms with E-state index in [2.05, 4.69) is 28.6 Å². The Kier molecular flexibility index (Phi) is 13.9. The van der Waals surface area contributed by atoms with Crippen molar-refractivity contribution in [3.8, 4) is 5.75 Å². The van der Waals surface area contributed by atoms with Crippen molar-refractivity contribution in [2.75, 3.05) is 12.3 Å². The molecule has 0 aromatic heterocycles. The van der Waals surface area contributed by atoms with Crippen LogP contribution in [0.4, 0.5) is 0 Å². The predicted molar refractivity (Wildman–Crippen MR) is 139 cm³/mol. The van der Waals surface area contributed by atoms with Crippen LogP contribution in [-0.4, -0.2) is 70.4 Å². The van der Waals surface area contributed by atoms with E-state index < -0.39 is 47.9 Å². The van der Waals surface area contributed by atoms with E-state index in [1.807, 2.05) is 13.8 Å². The van der Waals surface area contributed by atoms with Gasteiger partial charge in [0.05, 0.1) is 6.04 Å². The van der Waals surface area contributed by atoms with E-state index in [-0.39, 0.29) is 36.7 Å². The molecule has 3 amide bonds. The minimum absolute atomic E-state index is 0.0336. The van der Waals surface area contributed by atoms with Crippen LogP contribution in [0, 0.1) is 5.92 Å². The molecule has 0 aliphatic carbocycles. The highest BCUT2D eigenvalue weighted by atomic mass is 32.1. The number of rotatable bonds is 16. The predicted octanol–water partition coefficient (Wildman–Crippen LogP) is -0.0941. The average molecular weight is 526 g/mol. The molecule has 0 aliphatic heterocycles. The maximum absolute atomic E-state index is 12.9. The molecule has 4 unspecified atom stereocenters. The second kappa shape index (κ2) is 16.0. The van der Waals surface area contributed by atoms with Gasteiger partial charge in [-0.1, -0.05) is 26.0 Å². The first kappa shape index (κ1) is 31.2. The van der Waals surface area contributed by atoms with Crippen molar-refractivity contribution in [2.45, 2.75) is 70.1 Å². The van der Waals surface area contributed by atoms with Gasteiger partial charge in [-0.15, -0.1) is 0 Å². The number of nitrogens with two attached hydrogens (primary N) is 2. The molecular formula is C24H39N5O6S. The Balaban J connectivity index is 2.84. The second-order valence-corrected chi connectivity index (χ2v) is 9.46. The van der Waals surface area contributed by atoms with Crippen molar-refractivity contribution in [3.05, 3.63) is 29.8 Å². The van der Waals surface area contributed by atoms with Crippen LogP contribution in [0.3, 0.4) is 0 Å². The first-order chi connectivity index (χ1) is 17.0. The number of unbranched alkanes of at least 4 members (excludes halogenated alkanes) is 1. The Labute approximate surface area is 217 Å². The Morgan fingerprint density at radius 3 is 2.00 bits per heavy atom. The van der Waals surface area contributed by atoms with Crippen LogP contribution in [0.2, 0.25) is 0 Å². The van der Waals surface area contributed by atoms with Crippen LogP contribution in [0.1, 0.15) is 45.1 Å². The smallest absolute Gasteiger partial charge is 0.326 e. The highest BCUT2D eigenvalue weighted by Crippen LogP contribution is 2.11. The van der Waals surface area contributed by atoms with Crippen molar-refractivity contribution < 1.29 is 29.4 Å². The third-order valence-corrected chi connectivity index (χ3v) is 5.81. The summed E-state index contributed by atoms with van der Waals surface area (Å²) in [6, 6.07) is 2.11. The van der Waals surface area contributed by atoms with E-state index in [0.717, 1.165) is 5.56 Å². The number of aromatic hydroxyl groups is 1. The zero-order chi connectivity index (χ0) is 27.3. The summed E-state index contributed by atoms with van der Waals surface area (Å²) in [4.78, 5) is 49.9. The number of phenolic OH excluding ortho intramolecular Hbond substituents is 1. The molecule has 0 fully saturated rings. The number of hydrogen-bond donors (Lipinski definition) is 8. The minimum Gasteiger partial charge on any atom is -0.508 e. The van der Waals surface area contributed by atoms with E-state index >= 15 is 0 Å². The molecule has 12 heteroatoms. The lowest BCUT2D eigenvalue weighted by atomic mass is 10.0. The summed E-state index contributed by atoms with van der Waals surface area (Å²) in [5, 5.41) is 26.5. The molecule has 0 aliphatic rings. The Morgan fingerprint density at radius 2 is 1.47 bits per heavy atom. The number of carboxylic acid groups (broad SMARTS) is 1. The first-order valence-corrected chi connectivity index (χ1v) is 12.6. The zero-order valence-electron chi connectivity index (χ0n) is 20.8. The lowest BCUT2D eigenvalue weighted by molar-refractivity contribution is -0.142. The normalized spacial score (nSPS) is 14.4. The molecule has 9 N–H and O–H groups in total. The van der Waals surface area contributed by atoms with Gasteiger partial charge >= 0.3 is 5.97 Å². The number of aliphatic carboxylic acids is 1. The van der Waals surface area contributed by atoms with Gasteiger partial charge in [-0.2, -0.15) is 12.6 Å². The van der Waals surface area contributed by atoms with Crippen LogP contribution < -0.4 is 27.4 Å². The van der Waals surface area contributed by atoms with Crippen LogP contribution in [-0.2, 0) is 25.6 Å². The molecule has 1 aromatic rings. The van der Waals surface area contributed by atoms with Crippen LogP contribution in [0.5, 0.6) is 5.75 Å². The average Bonchev–Trinajstić information content (AvgIpc) is 2.82. The van der Waals surface area contributed by atoms with Crippen LogP contribution in [0.25, 0.3) is 0 Å². The van der Waals surface area contributed by atoms with Gasteiger partial charge in [0, 0.05) is 5.75 Å². The lowest BCUT2D eigenvalue weighted by Gasteiger charge is -2.25. The Bertz CT molecular complexity index is 867. The number of phenols is 1. The van der Waals surface area contributed by atoms with Gasteiger partial charge in [-0.25, -0.2) is 4.79 Å². The maximum Gasteiger partial charge on any atom is 0.326 e. The summed E-state index contributed by atoms with van der Waals surface area (Å²) in [6.45, 7) is 4.09. The number of carbonyl (C=O) groups is 4. The molecule has 0 heterocycles. The molecule has 1 aromatic carbocycles. The fraction of sp³-hybridized carbons (Fsp3) is 0.583. The van der Waals surface area contributed by atoms with E-state index in [1.54, 1.807) is 12.1 Å². The number of carboxylic acids is 1.